The Morgan fingerprint density at radius 1 is 1.18 bits per heavy atom. The number of carbonyl (C=O) groups is 1. The molecule has 0 aliphatic rings. The van der Waals surface area contributed by atoms with Crippen molar-refractivity contribution in [2.24, 2.45) is 7.05 Å². The van der Waals surface area contributed by atoms with Gasteiger partial charge >= 0.3 is 0 Å². The van der Waals surface area contributed by atoms with Crippen LogP contribution in [-0.2, 0) is 7.05 Å². The molecule has 0 bridgehead atoms. The lowest BCUT2D eigenvalue weighted by molar-refractivity contribution is 0.102. The van der Waals surface area contributed by atoms with Gasteiger partial charge in [0.05, 0.1) is 18.1 Å². The molecule has 3 rings (SSSR count). The fourth-order valence-electron chi connectivity index (χ4n) is 1.86. The molecule has 1 N–H and O–H groups in total. The molecule has 0 spiro atoms. The molecule has 3 aromatic rings. The topological polar surface area (TPSA) is 94.7 Å². The Labute approximate surface area is 125 Å². The zero-order chi connectivity index (χ0) is 15.5. The summed E-state index contributed by atoms with van der Waals surface area (Å²) in [5.41, 5.74) is 0.0852. The maximum Gasteiger partial charge on any atom is 0.263 e. The van der Waals surface area contributed by atoms with Gasteiger partial charge in [-0.1, -0.05) is 0 Å². The molecule has 1 amide bonds. The van der Waals surface area contributed by atoms with Gasteiger partial charge in [0.25, 0.3) is 17.4 Å². The minimum absolute atomic E-state index is 0.0566. The van der Waals surface area contributed by atoms with Crippen molar-refractivity contribution in [2.75, 3.05) is 5.32 Å². The molecule has 0 fully saturated rings. The van der Waals surface area contributed by atoms with Crippen LogP contribution in [0.1, 0.15) is 10.4 Å². The summed E-state index contributed by atoms with van der Waals surface area (Å²) in [4.78, 5) is 32.2. The van der Waals surface area contributed by atoms with Crippen LogP contribution >= 0.6 is 0 Å². The first-order valence-corrected chi connectivity index (χ1v) is 6.44. The maximum absolute atomic E-state index is 12.1. The number of nitrogens with zero attached hydrogens (tertiary/aromatic N) is 5. The Bertz CT molecular complexity index is 852. The predicted molar refractivity (Wildman–Crippen MR) is 78.8 cm³/mol. The van der Waals surface area contributed by atoms with Crippen molar-refractivity contribution in [1.82, 2.24) is 24.3 Å². The van der Waals surface area contributed by atoms with E-state index in [9.17, 15) is 9.59 Å². The van der Waals surface area contributed by atoms with Gasteiger partial charge in [0.1, 0.15) is 5.56 Å². The molecular formula is C14H12N6O2. The Balaban J connectivity index is 1.80. The van der Waals surface area contributed by atoms with Crippen molar-refractivity contribution in [1.29, 1.82) is 0 Å². The highest BCUT2D eigenvalue weighted by Gasteiger charge is 2.11. The summed E-state index contributed by atoms with van der Waals surface area (Å²) in [6, 6.07) is 4.86. The average Bonchev–Trinajstić information content (AvgIpc) is 3.05. The van der Waals surface area contributed by atoms with E-state index in [1.807, 2.05) is 0 Å². The van der Waals surface area contributed by atoms with Gasteiger partial charge in [-0.05, 0) is 18.2 Å². The number of aromatic nitrogens is 5. The highest BCUT2D eigenvalue weighted by atomic mass is 16.2. The van der Waals surface area contributed by atoms with Gasteiger partial charge in [0.15, 0.2) is 0 Å². The monoisotopic (exact) mass is 296 g/mol. The summed E-state index contributed by atoms with van der Waals surface area (Å²) in [7, 11) is 1.58. The molecule has 3 aromatic heterocycles. The summed E-state index contributed by atoms with van der Waals surface area (Å²) < 4.78 is 2.84. The molecule has 0 saturated heterocycles. The van der Waals surface area contributed by atoms with E-state index in [2.05, 4.69) is 20.4 Å². The lowest BCUT2D eigenvalue weighted by atomic mass is 10.2. The molecule has 0 atom stereocenters. The number of carbonyl (C=O) groups excluding carboxylic acids is 1. The SMILES string of the molecule is Cn1cccc(C(=O)Nc2cnc(-n3cccn3)nc2)c1=O. The number of amides is 1. The molecular weight excluding hydrogens is 284 g/mol. The van der Waals surface area contributed by atoms with E-state index in [1.165, 1.54) is 27.7 Å². The fraction of sp³-hybridized carbons (Fsp3) is 0.0714. The van der Waals surface area contributed by atoms with E-state index >= 15 is 0 Å². The van der Waals surface area contributed by atoms with Gasteiger partial charge in [-0.15, -0.1) is 0 Å². The number of anilines is 1. The standard InChI is InChI=1S/C14H12N6O2/c1-19-6-2-4-11(13(19)22)12(21)18-10-8-15-14(16-9-10)20-7-3-5-17-20/h2-9H,1H3,(H,18,21). The first-order valence-electron chi connectivity index (χ1n) is 6.44. The summed E-state index contributed by atoms with van der Waals surface area (Å²) in [5.74, 6) is -0.115. The van der Waals surface area contributed by atoms with E-state index in [4.69, 9.17) is 0 Å². The highest BCUT2D eigenvalue weighted by molar-refractivity contribution is 6.03. The fourth-order valence-corrected chi connectivity index (χ4v) is 1.86. The Hall–Kier alpha value is -3.29. The van der Waals surface area contributed by atoms with Crippen LogP contribution in [0.25, 0.3) is 5.95 Å². The third kappa shape index (κ3) is 2.62. The molecule has 0 saturated carbocycles. The van der Waals surface area contributed by atoms with Crippen molar-refractivity contribution >= 4 is 11.6 Å². The normalized spacial score (nSPS) is 10.4. The Morgan fingerprint density at radius 2 is 1.95 bits per heavy atom. The zero-order valence-electron chi connectivity index (χ0n) is 11.7. The molecule has 8 heteroatoms. The Kier molecular flexibility index (Phi) is 3.48. The first kappa shape index (κ1) is 13.7. The molecule has 110 valence electrons. The van der Waals surface area contributed by atoms with Gasteiger partial charge in [0, 0.05) is 25.6 Å². The van der Waals surface area contributed by atoms with Crippen molar-refractivity contribution in [3.63, 3.8) is 0 Å². The largest absolute Gasteiger partial charge is 0.319 e. The number of hydrogen-bond acceptors (Lipinski definition) is 5. The molecule has 0 radical (unpaired) electrons. The first-order chi connectivity index (χ1) is 10.6. The third-order valence-electron chi connectivity index (χ3n) is 2.97. The van der Waals surface area contributed by atoms with Crippen LogP contribution in [0.5, 0.6) is 0 Å². The molecule has 0 aromatic carbocycles. The van der Waals surface area contributed by atoms with E-state index < -0.39 is 5.91 Å². The lowest BCUT2D eigenvalue weighted by Crippen LogP contribution is -2.27. The van der Waals surface area contributed by atoms with Crippen molar-refractivity contribution in [3.8, 4) is 5.95 Å². The van der Waals surface area contributed by atoms with Gasteiger partial charge in [-0.25, -0.2) is 14.6 Å². The van der Waals surface area contributed by atoms with Crippen LogP contribution in [0.2, 0.25) is 0 Å². The second-order valence-corrected chi connectivity index (χ2v) is 4.51. The maximum atomic E-state index is 12.1. The summed E-state index contributed by atoms with van der Waals surface area (Å²) >= 11 is 0. The summed E-state index contributed by atoms with van der Waals surface area (Å²) in [6.45, 7) is 0. The van der Waals surface area contributed by atoms with Crippen LogP contribution in [0.3, 0.4) is 0 Å². The minimum Gasteiger partial charge on any atom is -0.319 e. The van der Waals surface area contributed by atoms with E-state index in [0.717, 1.165) is 0 Å². The second kappa shape index (κ2) is 5.60. The number of aryl methyl sites for hydroxylation is 1. The van der Waals surface area contributed by atoms with Crippen LogP contribution < -0.4 is 10.9 Å². The lowest BCUT2D eigenvalue weighted by Gasteiger charge is -2.06. The molecule has 8 nitrogen and oxygen atoms in total. The molecule has 0 aliphatic carbocycles. The number of nitrogens with one attached hydrogen (secondary N) is 1. The number of hydrogen-bond donors (Lipinski definition) is 1. The van der Waals surface area contributed by atoms with E-state index in [1.54, 1.807) is 37.8 Å². The molecule has 3 heterocycles. The number of pyridine rings is 1. The number of rotatable bonds is 3. The molecule has 0 unspecified atom stereocenters. The summed E-state index contributed by atoms with van der Waals surface area (Å²) in [5, 5.41) is 6.60. The third-order valence-corrected chi connectivity index (χ3v) is 2.97. The zero-order valence-corrected chi connectivity index (χ0v) is 11.7. The minimum atomic E-state index is -0.503. The van der Waals surface area contributed by atoms with Crippen LogP contribution in [0.4, 0.5) is 5.69 Å². The van der Waals surface area contributed by atoms with Gasteiger partial charge in [0.2, 0.25) is 0 Å². The van der Waals surface area contributed by atoms with Gasteiger partial charge < -0.3 is 9.88 Å². The van der Waals surface area contributed by atoms with Crippen molar-refractivity contribution in [3.05, 3.63) is 65.1 Å². The van der Waals surface area contributed by atoms with Gasteiger partial charge in [-0.2, -0.15) is 5.10 Å². The van der Waals surface area contributed by atoms with E-state index in [0.29, 0.717) is 11.6 Å². The predicted octanol–water partition coefficient (Wildman–Crippen LogP) is 0.613. The van der Waals surface area contributed by atoms with Crippen LogP contribution in [0, 0.1) is 0 Å². The van der Waals surface area contributed by atoms with E-state index in [-0.39, 0.29) is 11.1 Å². The highest BCUT2D eigenvalue weighted by Crippen LogP contribution is 2.06. The van der Waals surface area contributed by atoms with Crippen LogP contribution in [-0.4, -0.2) is 30.2 Å². The van der Waals surface area contributed by atoms with Crippen molar-refractivity contribution < 1.29 is 4.79 Å². The second-order valence-electron chi connectivity index (χ2n) is 4.51. The van der Waals surface area contributed by atoms with Gasteiger partial charge in [-0.3, -0.25) is 9.59 Å². The van der Waals surface area contributed by atoms with Crippen molar-refractivity contribution in [2.45, 2.75) is 0 Å². The average molecular weight is 296 g/mol. The smallest absolute Gasteiger partial charge is 0.263 e. The Morgan fingerprint density at radius 3 is 2.64 bits per heavy atom. The molecule has 0 aliphatic heterocycles. The van der Waals surface area contributed by atoms with Crippen LogP contribution in [0.15, 0.2) is 54.0 Å². The molecule has 22 heavy (non-hydrogen) atoms. The summed E-state index contributed by atoms with van der Waals surface area (Å²) in [6.07, 6.45) is 7.82. The quantitative estimate of drug-likeness (QED) is 0.764.